The van der Waals surface area contributed by atoms with Gasteiger partial charge in [0.1, 0.15) is 0 Å². The number of rotatable bonds is 5. The number of halogens is 1. The molecule has 2 aromatic rings. The maximum absolute atomic E-state index is 12.3. The summed E-state index contributed by atoms with van der Waals surface area (Å²) >= 11 is 5.97. The lowest BCUT2D eigenvalue weighted by molar-refractivity contribution is -0.141. The van der Waals surface area contributed by atoms with Gasteiger partial charge in [0.05, 0.1) is 29.1 Å². The van der Waals surface area contributed by atoms with Crippen molar-refractivity contribution in [1.29, 1.82) is 0 Å². The van der Waals surface area contributed by atoms with E-state index in [1.807, 2.05) is 6.07 Å². The zero-order valence-electron chi connectivity index (χ0n) is 13.1. The third kappa shape index (κ3) is 3.71. The fourth-order valence-corrected chi connectivity index (χ4v) is 2.31. The number of benzene rings is 1. The SMILES string of the molecule is Cc1c(C(=O)NC(C)C(C)C(=O)O)cnn1-c1cccc(Cl)c1. The second kappa shape index (κ2) is 6.83. The van der Waals surface area contributed by atoms with Gasteiger partial charge >= 0.3 is 5.97 Å². The van der Waals surface area contributed by atoms with Crippen LogP contribution in [0, 0.1) is 12.8 Å². The number of carboxylic acids is 1. The Morgan fingerprint density at radius 2 is 2.04 bits per heavy atom. The fraction of sp³-hybridized carbons (Fsp3) is 0.312. The molecule has 2 atom stereocenters. The molecule has 0 spiro atoms. The molecule has 122 valence electrons. The molecule has 0 radical (unpaired) electrons. The van der Waals surface area contributed by atoms with Crippen molar-refractivity contribution in [2.24, 2.45) is 5.92 Å². The first-order valence-electron chi connectivity index (χ1n) is 7.15. The van der Waals surface area contributed by atoms with Gasteiger partial charge in [0.25, 0.3) is 5.91 Å². The van der Waals surface area contributed by atoms with Crippen LogP contribution in [0.15, 0.2) is 30.5 Å². The monoisotopic (exact) mass is 335 g/mol. The van der Waals surface area contributed by atoms with Crippen molar-refractivity contribution in [3.05, 3.63) is 46.7 Å². The summed E-state index contributed by atoms with van der Waals surface area (Å²) < 4.78 is 1.62. The number of carboxylic acid groups (broad SMARTS) is 1. The molecule has 2 unspecified atom stereocenters. The van der Waals surface area contributed by atoms with Gasteiger partial charge in [0.15, 0.2) is 0 Å². The second-order valence-electron chi connectivity index (χ2n) is 5.42. The van der Waals surface area contributed by atoms with Crippen LogP contribution in [0.1, 0.15) is 29.9 Å². The molecule has 1 heterocycles. The van der Waals surface area contributed by atoms with Crippen LogP contribution < -0.4 is 5.32 Å². The molecule has 0 saturated heterocycles. The molecular formula is C16H18ClN3O3. The summed E-state index contributed by atoms with van der Waals surface area (Å²) in [5.41, 5.74) is 1.80. The van der Waals surface area contributed by atoms with Crippen LogP contribution in [0.25, 0.3) is 5.69 Å². The van der Waals surface area contributed by atoms with Crippen LogP contribution in [0.5, 0.6) is 0 Å². The van der Waals surface area contributed by atoms with Gasteiger partial charge in [0.2, 0.25) is 0 Å². The number of amides is 1. The molecule has 0 bridgehead atoms. The molecule has 0 aliphatic carbocycles. The molecule has 2 rings (SSSR count). The number of hydrogen-bond donors (Lipinski definition) is 2. The first-order chi connectivity index (χ1) is 10.8. The summed E-state index contributed by atoms with van der Waals surface area (Å²) in [5.74, 6) is -1.98. The molecule has 2 N–H and O–H groups in total. The van der Waals surface area contributed by atoms with Crippen molar-refractivity contribution in [2.75, 3.05) is 0 Å². The van der Waals surface area contributed by atoms with E-state index in [9.17, 15) is 9.59 Å². The molecule has 0 saturated carbocycles. The van der Waals surface area contributed by atoms with Gasteiger partial charge in [-0.2, -0.15) is 5.10 Å². The smallest absolute Gasteiger partial charge is 0.308 e. The predicted molar refractivity (Wildman–Crippen MR) is 87.0 cm³/mol. The van der Waals surface area contributed by atoms with Gasteiger partial charge in [-0.25, -0.2) is 4.68 Å². The van der Waals surface area contributed by atoms with Gasteiger partial charge < -0.3 is 10.4 Å². The zero-order valence-corrected chi connectivity index (χ0v) is 13.8. The molecule has 1 aromatic heterocycles. The Morgan fingerprint density at radius 1 is 1.35 bits per heavy atom. The highest BCUT2D eigenvalue weighted by molar-refractivity contribution is 6.30. The van der Waals surface area contributed by atoms with Crippen LogP contribution in [0.3, 0.4) is 0 Å². The molecule has 1 amide bonds. The third-order valence-corrected chi connectivity index (χ3v) is 4.04. The van der Waals surface area contributed by atoms with E-state index in [2.05, 4.69) is 10.4 Å². The van der Waals surface area contributed by atoms with E-state index in [1.165, 1.54) is 6.20 Å². The summed E-state index contributed by atoms with van der Waals surface area (Å²) in [6.45, 7) is 4.98. The molecule has 6 nitrogen and oxygen atoms in total. The summed E-state index contributed by atoms with van der Waals surface area (Å²) in [5, 5.41) is 16.5. The Hall–Kier alpha value is -2.34. The van der Waals surface area contributed by atoms with Gasteiger partial charge in [0, 0.05) is 11.1 Å². The van der Waals surface area contributed by atoms with Crippen molar-refractivity contribution in [3.63, 3.8) is 0 Å². The van der Waals surface area contributed by atoms with E-state index in [0.717, 1.165) is 5.69 Å². The Morgan fingerprint density at radius 3 is 2.65 bits per heavy atom. The number of aromatic nitrogens is 2. The van der Waals surface area contributed by atoms with Crippen molar-refractivity contribution in [3.8, 4) is 5.69 Å². The van der Waals surface area contributed by atoms with Gasteiger partial charge in [-0.15, -0.1) is 0 Å². The highest BCUT2D eigenvalue weighted by atomic mass is 35.5. The molecule has 0 fully saturated rings. The summed E-state index contributed by atoms with van der Waals surface area (Å²) in [6.07, 6.45) is 1.46. The van der Waals surface area contributed by atoms with Crippen molar-refractivity contribution < 1.29 is 14.7 Å². The summed E-state index contributed by atoms with van der Waals surface area (Å²) in [6, 6.07) is 6.65. The summed E-state index contributed by atoms with van der Waals surface area (Å²) in [4.78, 5) is 23.3. The normalized spacial score (nSPS) is 13.4. The van der Waals surface area contributed by atoms with Crippen LogP contribution in [0.4, 0.5) is 0 Å². The molecule has 1 aromatic carbocycles. The number of nitrogens with zero attached hydrogens (tertiary/aromatic N) is 2. The maximum atomic E-state index is 12.3. The number of nitrogens with one attached hydrogen (secondary N) is 1. The lowest BCUT2D eigenvalue weighted by atomic mass is 10.0. The largest absolute Gasteiger partial charge is 0.481 e. The average molecular weight is 336 g/mol. The van der Waals surface area contributed by atoms with E-state index >= 15 is 0 Å². The Balaban J connectivity index is 2.22. The molecule has 7 heteroatoms. The Kier molecular flexibility index (Phi) is 5.05. The molecule has 0 aliphatic heterocycles. The quantitative estimate of drug-likeness (QED) is 0.879. The van der Waals surface area contributed by atoms with Crippen LogP contribution in [-0.2, 0) is 4.79 Å². The van der Waals surface area contributed by atoms with Crippen molar-refractivity contribution in [1.82, 2.24) is 15.1 Å². The number of carbonyl (C=O) groups is 2. The minimum absolute atomic E-state index is 0.351. The lowest BCUT2D eigenvalue weighted by Crippen LogP contribution is -2.40. The molecule has 23 heavy (non-hydrogen) atoms. The van der Waals surface area contributed by atoms with E-state index in [0.29, 0.717) is 16.3 Å². The number of carbonyl (C=O) groups excluding carboxylic acids is 1. The van der Waals surface area contributed by atoms with E-state index in [1.54, 1.807) is 43.7 Å². The van der Waals surface area contributed by atoms with Crippen molar-refractivity contribution in [2.45, 2.75) is 26.8 Å². The van der Waals surface area contributed by atoms with Gasteiger partial charge in [-0.1, -0.05) is 17.7 Å². The average Bonchev–Trinajstić information content (AvgIpc) is 2.88. The molecule has 0 aliphatic rings. The minimum atomic E-state index is -0.954. The van der Waals surface area contributed by atoms with E-state index in [-0.39, 0.29) is 5.91 Å². The zero-order chi connectivity index (χ0) is 17.1. The van der Waals surface area contributed by atoms with Gasteiger partial charge in [-0.3, -0.25) is 9.59 Å². The molecular weight excluding hydrogens is 318 g/mol. The van der Waals surface area contributed by atoms with E-state index < -0.39 is 17.9 Å². The topological polar surface area (TPSA) is 84.2 Å². The fourth-order valence-electron chi connectivity index (χ4n) is 2.12. The second-order valence-corrected chi connectivity index (χ2v) is 5.86. The number of hydrogen-bond acceptors (Lipinski definition) is 3. The van der Waals surface area contributed by atoms with E-state index in [4.69, 9.17) is 16.7 Å². The first kappa shape index (κ1) is 17.0. The third-order valence-electron chi connectivity index (χ3n) is 3.81. The maximum Gasteiger partial charge on any atom is 0.308 e. The predicted octanol–water partition coefficient (Wildman–Crippen LogP) is 2.67. The Labute approximate surface area is 139 Å². The van der Waals surface area contributed by atoms with Gasteiger partial charge in [-0.05, 0) is 39.0 Å². The highest BCUT2D eigenvalue weighted by Crippen LogP contribution is 2.18. The van der Waals surface area contributed by atoms with Crippen LogP contribution >= 0.6 is 11.6 Å². The minimum Gasteiger partial charge on any atom is -0.481 e. The van der Waals surface area contributed by atoms with Crippen LogP contribution in [-0.4, -0.2) is 32.8 Å². The lowest BCUT2D eigenvalue weighted by Gasteiger charge is -2.17. The van der Waals surface area contributed by atoms with Crippen molar-refractivity contribution >= 4 is 23.5 Å². The standard InChI is InChI=1S/C16H18ClN3O3/c1-9(16(22)23)10(2)19-15(21)14-8-18-20(11(14)3)13-6-4-5-12(17)7-13/h4-10H,1-3H3,(H,19,21)(H,22,23). The number of aliphatic carboxylic acids is 1. The van der Waals surface area contributed by atoms with Crippen LogP contribution in [0.2, 0.25) is 5.02 Å². The highest BCUT2D eigenvalue weighted by Gasteiger charge is 2.23. The Bertz CT molecular complexity index is 742. The first-order valence-corrected chi connectivity index (χ1v) is 7.53. The summed E-state index contributed by atoms with van der Waals surface area (Å²) in [7, 11) is 0.